The van der Waals surface area contributed by atoms with Crippen molar-refractivity contribution < 1.29 is 19.4 Å². The molecule has 0 saturated heterocycles. The van der Waals surface area contributed by atoms with E-state index < -0.39 is 11.5 Å². The third-order valence-electron chi connectivity index (χ3n) is 4.02. The van der Waals surface area contributed by atoms with E-state index in [2.05, 4.69) is 5.32 Å². The van der Waals surface area contributed by atoms with Crippen LogP contribution in [0.5, 0.6) is 0 Å². The largest absolute Gasteiger partial charge is 0.479 e. The second kappa shape index (κ2) is 6.67. The molecule has 2 rings (SSSR count). The third kappa shape index (κ3) is 3.25. The average Bonchev–Trinajstić information content (AvgIpc) is 3.25. The van der Waals surface area contributed by atoms with Crippen molar-refractivity contribution in [2.75, 3.05) is 6.61 Å². The van der Waals surface area contributed by atoms with Crippen LogP contribution in [0.3, 0.4) is 0 Å². The Morgan fingerprint density at radius 2 is 2.00 bits per heavy atom. The molecule has 3 unspecified atom stereocenters. The lowest BCUT2D eigenvalue weighted by Crippen LogP contribution is -2.52. The minimum absolute atomic E-state index is 0.0985. The van der Waals surface area contributed by atoms with E-state index >= 15 is 0 Å². The zero-order valence-electron chi connectivity index (χ0n) is 12.6. The third-order valence-corrected chi connectivity index (χ3v) is 4.27. The van der Waals surface area contributed by atoms with Crippen LogP contribution in [0.25, 0.3) is 0 Å². The molecule has 1 aromatic carbocycles. The Labute approximate surface area is 134 Å². The van der Waals surface area contributed by atoms with Gasteiger partial charge in [0, 0.05) is 11.6 Å². The highest BCUT2D eigenvalue weighted by atomic mass is 35.5. The molecule has 1 saturated carbocycles. The monoisotopic (exact) mass is 325 g/mol. The highest BCUT2D eigenvalue weighted by Gasteiger charge is 2.48. The van der Waals surface area contributed by atoms with E-state index in [0.717, 1.165) is 0 Å². The number of hydrogen-bond acceptors (Lipinski definition) is 3. The summed E-state index contributed by atoms with van der Waals surface area (Å²) in [6.07, 6.45) is 0.778. The first kappa shape index (κ1) is 16.8. The molecule has 0 bridgehead atoms. The van der Waals surface area contributed by atoms with E-state index in [1.807, 2.05) is 6.92 Å². The fraction of sp³-hybridized carbons (Fsp3) is 0.500. The van der Waals surface area contributed by atoms with Gasteiger partial charge in [-0.15, -0.1) is 0 Å². The summed E-state index contributed by atoms with van der Waals surface area (Å²) in [5.74, 6) is -1.63. The molecule has 0 aromatic heterocycles. The van der Waals surface area contributed by atoms with Crippen molar-refractivity contribution in [2.45, 2.75) is 38.3 Å². The summed E-state index contributed by atoms with van der Waals surface area (Å²) in [5, 5.41) is 12.9. The molecule has 3 atom stereocenters. The molecule has 0 aliphatic heterocycles. The molecule has 0 heterocycles. The Balaban J connectivity index is 2.21. The van der Waals surface area contributed by atoms with E-state index in [1.54, 1.807) is 31.2 Å². The number of hydrogen-bond donors (Lipinski definition) is 2. The zero-order valence-corrected chi connectivity index (χ0v) is 13.4. The predicted molar refractivity (Wildman–Crippen MR) is 82.7 cm³/mol. The number of nitrogens with one attached hydrogen (secondary N) is 1. The lowest BCUT2D eigenvalue weighted by atomic mass is 9.87. The van der Waals surface area contributed by atoms with Gasteiger partial charge < -0.3 is 15.2 Å². The number of halogens is 1. The number of carbonyl (C=O) groups is 2. The molecule has 120 valence electrons. The molecule has 2 N–H and O–H groups in total. The van der Waals surface area contributed by atoms with Gasteiger partial charge in [-0.1, -0.05) is 30.7 Å². The van der Waals surface area contributed by atoms with E-state index in [4.69, 9.17) is 16.3 Å². The van der Waals surface area contributed by atoms with Crippen molar-refractivity contribution in [3.63, 3.8) is 0 Å². The molecule has 0 spiro atoms. The summed E-state index contributed by atoms with van der Waals surface area (Å²) in [7, 11) is 0. The van der Waals surface area contributed by atoms with Crippen LogP contribution < -0.4 is 5.32 Å². The van der Waals surface area contributed by atoms with Gasteiger partial charge in [-0.2, -0.15) is 0 Å². The molecule has 0 radical (unpaired) electrons. The molecule has 1 amide bonds. The molecule has 5 nitrogen and oxygen atoms in total. The van der Waals surface area contributed by atoms with Crippen LogP contribution in [0.1, 0.15) is 32.3 Å². The van der Waals surface area contributed by atoms with Crippen molar-refractivity contribution >= 4 is 23.5 Å². The molecule has 6 heteroatoms. The second-order valence-electron chi connectivity index (χ2n) is 5.40. The summed E-state index contributed by atoms with van der Waals surface area (Å²) in [6.45, 7) is 4.15. The van der Waals surface area contributed by atoms with Gasteiger partial charge in [0.2, 0.25) is 5.91 Å². The fourth-order valence-corrected chi connectivity index (χ4v) is 2.70. The zero-order chi connectivity index (χ0) is 16.3. The van der Waals surface area contributed by atoms with E-state index in [1.165, 1.54) is 0 Å². The number of benzene rings is 1. The number of amides is 1. The second-order valence-corrected chi connectivity index (χ2v) is 5.83. The smallest absolute Gasteiger partial charge is 0.334 e. The first-order chi connectivity index (χ1) is 10.4. The maximum Gasteiger partial charge on any atom is 0.334 e. The molecular formula is C16H20ClNO4. The Morgan fingerprint density at radius 1 is 1.36 bits per heavy atom. The van der Waals surface area contributed by atoms with Crippen molar-refractivity contribution in [3.05, 3.63) is 34.9 Å². The number of ether oxygens (including phenoxy) is 1. The molecular weight excluding hydrogens is 306 g/mol. The van der Waals surface area contributed by atoms with E-state index in [0.29, 0.717) is 23.6 Å². The van der Waals surface area contributed by atoms with Crippen LogP contribution in [-0.2, 0) is 19.9 Å². The molecule has 1 fully saturated rings. The summed E-state index contributed by atoms with van der Waals surface area (Å²) >= 11 is 5.85. The summed E-state index contributed by atoms with van der Waals surface area (Å²) in [5.41, 5.74) is -0.935. The number of carboxylic acid groups (broad SMARTS) is 1. The predicted octanol–water partition coefficient (Wildman–Crippen LogP) is 2.57. The van der Waals surface area contributed by atoms with Gasteiger partial charge in [-0.25, -0.2) is 4.79 Å². The number of rotatable bonds is 7. The molecule has 1 aliphatic carbocycles. The summed E-state index contributed by atoms with van der Waals surface area (Å²) in [4.78, 5) is 24.2. The highest BCUT2D eigenvalue weighted by Crippen LogP contribution is 2.36. The summed E-state index contributed by atoms with van der Waals surface area (Å²) < 4.78 is 5.39. The normalized spacial score (nSPS) is 22.7. The van der Waals surface area contributed by atoms with Gasteiger partial charge in [0.15, 0.2) is 5.54 Å². The van der Waals surface area contributed by atoms with E-state index in [-0.39, 0.29) is 24.3 Å². The standard InChI is InChI=1S/C16H20ClNO4/c1-3-16(15(20)21,10-5-7-11(17)8-6-10)18-14(19)12-9-13(12)22-4-2/h5-8,12-13H,3-4,9H2,1-2H3,(H,18,19)(H,20,21). The SMILES string of the molecule is CCOC1CC1C(=O)NC(CC)(C(=O)O)c1ccc(Cl)cc1. The Kier molecular flexibility index (Phi) is 5.08. The van der Waals surface area contributed by atoms with Crippen LogP contribution in [0.15, 0.2) is 24.3 Å². The Morgan fingerprint density at radius 3 is 2.50 bits per heavy atom. The van der Waals surface area contributed by atoms with Crippen LogP contribution in [0, 0.1) is 5.92 Å². The average molecular weight is 326 g/mol. The first-order valence-corrected chi connectivity index (χ1v) is 7.75. The van der Waals surface area contributed by atoms with Gasteiger partial charge >= 0.3 is 5.97 Å². The van der Waals surface area contributed by atoms with Crippen molar-refractivity contribution in [3.8, 4) is 0 Å². The molecule has 22 heavy (non-hydrogen) atoms. The number of aliphatic carboxylic acids is 1. The summed E-state index contributed by atoms with van der Waals surface area (Å²) in [6, 6.07) is 6.51. The van der Waals surface area contributed by atoms with Gasteiger partial charge in [-0.3, -0.25) is 4.79 Å². The van der Waals surface area contributed by atoms with Gasteiger partial charge in [0.05, 0.1) is 12.0 Å². The maximum absolute atomic E-state index is 12.3. The van der Waals surface area contributed by atoms with Crippen LogP contribution >= 0.6 is 11.6 Å². The van der Waals surface area contributed by atoms with Crippen LogP contribution in [-0.4, -0.2) is 29.7 Å². The lowest BCUT2D eigenvalue weighted by Gasteiger charge is -2.30. The van der Waals surface area contributed by atoms with Crippen LogP contribution in [0.2, 0.25) is 5.02 Å². The van der Waals surface area contributed by atoms with Gasteiger partial charge in [-0.05, 0) is 37.5 Å². The number of carbonyl (C=O) groups excluding carboxylic acids is 1. The minimum Gasteiger partial charge on any atom is -0.479 e. The van der Waals surface area contributed by atoms with Crippen molar-refractivity contribution in [1.82, 2.24) is 5.32 Å². The Hall–Kier alpha value is -1.59. The molecule has 1 aliphatic rings. The minimum atomic E-state index is -1.44. The number of carboxylic acids is 1. The fourth-order valence-electron chi connectivity index (χ4n) is 2.58. The quantitative estimate of drug-likeness (QED) is 0.808. The van der Waals surface area contributed by atoms with Gasteiger partial charge in [0.1, 0.15) is 0 Å². The Bertz CT molecular complexity index is 560. The van der Waals surface area contributed by atoms with Crippen molar-refractivity contribution in [1.29, 1.82) is 0 Å². The highest BCUT2D eigenvalue weighted by molar-refractivity contribution is 6.30. The van der Waals surface area contributed by atoms with E-state index in [9.17, 15) is 14.7 Å². The van der Waals surface area contributed by atoms with Crippen molar-refractivity contribution in [2.24, 2.45) is 5.92 Å². The first-order valence-electron chi connectivity index (χ1n) is 7.37. The topological polar surface area (TPSA) is 75.6 Å². The maximum atomic E-state index is 12.3. The van der Waals surface area contributed by atoms with Gasteiger partial charge in [0.25, 0.3) is 0 Å². The lowest BCUT2D eigenvalue weighted by molar-refractivity contribution is -0.148. The molecule has 1 aromatic rings. The van der Waals surface area contributed by atoms with Crippen LogP contribution in [0.4, 0.5) is 0 Å².